The summed E-state index contributed by atoms with van der Waals surface area (Å²) in [6, 6.07) is 12.9. The summed E-state index contributed by atoms with van der Waals surface area (Å²) >= 11 is 0. The van der Waals surface area contributed by atoms with Crippen LogP contribution in [0.15, 0.2) is 49.1 Å². The van der Waals surface area contributed by atoms with Gasteiger partial charge in [0.2, 0.25) is 0 Å². The summed E-state index contributed by atoms with van der Waals surface area (Å²) in [4.78, 5) is 0. The molecule has 0 aliphatic heterocycles. The number of allylic oxidation sites excluding steroid dienone is 1. The van der Waals surface area contributed by atoms with E-state index in [1.165, 1.54) is 11.1 Å². The summed E-state index contributed by atoms with van der Waals surface area (Å²) in [6.45, 7) is 12.2. The Morgan fingerprint density at radius 1 is 1.00 bits per heavy atom. The van der Waals surface area contributed by atoms with Crippen LogP contribution >= 0.6 is 0 Å². The Hall–Kier alpha value is -2.42. The highest BCUT2D eigenvalue weighted by molar-refractivity contribution is 5.52. The third-order valence-corrected chi connectivity index (χ3v) is 4.16. The first-order chi connectivity index (χ1) is 12.7. The van der Waals surface area contributed by atoms with Crippen molar-refractivity contribution in [1.82, 2.24) is 0 Å². The molecule has 140 valence electrons. The fourth-order valence-electron chi connectivity index (χ4n) is 2.83. The first-order valence-electron chi connectivity index (χ1n) is 9.56. The van der Waals surface area contributed by atoms with Crippen LogP contribution in [0, 0.1) is 0 Å². The van der Waals surface area contributed by atoms with Gasteiger partial charge in [-0.3, -0.25) is 0 Å². The van der Waals surface area contributed by atoms with Crippen molar-refractivity contribution in [3.05, 3.63) is 65.7 Å². The largest absolute Gasteiger partial charge is 0.490 e. The Labute approximate surface area is 158 Å². The predicted octanol–water partition coefficient (Wildman–Crippen LogP) is 5.78. The second kappa shape index (κ2) is 10.5. The summed E-state index contributed by atoms with van der Waals surface area (Å²) in [5, 5.41) is 3.49. The van der Waals surface area contributed by atoms with Crippen LogP contribution in [-0.4, -0.2) is 13.2 Å². The molecular formula is C23H31NO2. The van der Waals surface area contributed by atoms with E-state index < -0.39 is 0 Å². The zero-order chi connectivity index (χ0) is 18.8. The first-order valence-corrected chi connectivity index (χ1v) is 9.56. The molecule has 0 fully saturated rings. The van der Waals surface area contributed by atoms with Crippen LogP contribution in [0.2, 0.25) is 0 Å². The molecule has 0 saturated heterocycles. The van der Waals surface area contributed by atoms with E-state index in [0.29, 0.717) is 13.2 Å². The minimum Gasteiger partial charge on any atom is -0.490 e. The standard InChI is InChI=1S/C23H31NO2/c1-5-9-20-15-19(16-22(25-8-4)23(20)26-14-6-2)17-24-21-12-10-18(7-3)11-13-21/h5,10-13,15-16,24H,1,6-9,14,17H2,2-4H3. The second-order valence-corrected chi connectivity index (χ2v) is 6.26. The molecule has 0 radical (unpaired) electrons. The van der Waals surface area contributed by atoms with Crippen molar-refractivity contribution in [3.63, 3.8) is 0 Å². The molecule has 26 heavy (non-hydrogen) atoms. The zero-order valence-corrected chi connectivity index (χ0v) is 16.3. The molecule has 0 aliphatic carbocycles. The summed E-state index contributed by atoms with van der Waals surface area (Å²) in [6.07, 6.45) is 4.70. The Kier molecular flexibility index (Phi) is 8.07. The molecule has 2 aromatic carbocycles. The Morgan fingerprint density at radius 3 is 2.38 bits per heavy atom. The Balaban J connectivity index is 2.21. The number of benzene rings is 2. The van der Waals surface area contributed by atoms with Gasteiger partial charge in [0, 0.05) is 17.8 Å². The van der Waals surface area contributed by atoms with Crippen LogP contribution in [0.25, 0.3) is 0 Å². The third-order valence-electron chi connectivity index (χ3n) is 4.16. The molecule has 3 nitrogen and oxygen atoms in total. The fourth-order valence-corrected chi connectivity index (χ4v) is 2.83. The number of ether oxygens (including phenoxy) is 2. The van der Waals surface area contributed by atoms with Gasteiger partial charge in [-0.1, -0.05) is 32.1 Å². The first kappa shape index (κ1) is 19.9. The molecule has 1 N–H and O–H groups in total. The highest BCUT2D eigenvalue weighted by Gasteiger charge is 2.13. The minimum absolute atomic E-state index is 0.616. The maximum Gasteiger partial charge on any atom is 0.164 e. The van der Waals surface area contributed by atoms with Gasteiger partial charge in [-0.15, -0.1) is 6.58 Å². The molecule has 0 amide bonds. The van der Waals surface area contributed by atoms with Crippen LogP contribution in [0.3, 0.4) is 0 Å². The van der Waals surface area contributed by atoms with E-state index in [9.17, 15) is 0 Å². The smallest absolute Gasteiger partial charge is 0.164 e. The normalized spacial score (nSPS) is 10.4. The van der Waals surface area contributed by atoms with Gasteiger partial charge in [-0.25, -0.2) is 0 Å². The van der Waals surface area contributed by atoms with Crippen molar-refractivity contribution in [1.29, 1.82) is 0 Å². The van der Waals surface area contributed by atoms with Crippen LogP contribution in [-0.2, 0) is 19.4 Å². The molecule has 0 aliphatic rings. The number of aryl methyl sites for hydroxylation is 1. The van der Waals surface area contributed by atoms with E-state index in [2.05, 4.69) is 62.1 Å². The third kappa shape index (κ3) is 5.55. The maximum atomic E-state index is 5.97. The molecule has 3 heteroatoms. The van der Waals surface area contributed by atoms with E-state index in [1.54, 1.807) is 0 Å². The van der Waals surface area contributed by atoms with Crippen LogP contribution in [0.1, 0.15) is 43.9 Å². The molecule has 0 aromatic heterocycles. The number of anilines is 1. The van der Waals surface area contributed by atoms with Crippen LogP contribution in [0.4, 0.5) is 5.69 Å². The van der Waals surface area contributed by atoms with E-state index in [1.807, 2.05) is 13.0 Å². The Bertz CT molecular complexity index is 692. The average Bonchev–Trinajstić information content (AvgIpc) is 2.66. The van der Waals surface area contributed by atoms with Gasteiger partial charge >= 0.3 is 0 Å². The highest BCUT2D eigenvalue weighted by Crippen LogP contribution is 2.34. The highest BCUT2D eigenvalue weighted by atomic mass is 16.5. The van der Waals surface area contributed by atoms with Crippen molar-refractivity contribution < 1.29 is 9.47 Å². The summed E-state index contributed by atoms with van der Waals surface area (Å²) < 4.78 is 11.8. The van der Waals surface area contributed by atoms with Gasteiger partial charge < -0.3 is 14.8 Å². The number of nitrogens with one attached hydrogen (secondary N) is 1. The summed E-state index contributed by atoms with van der Waals surface area (Å²) in [5.74, 6) is 1.67. The van der Waals surface area contributed by atoms with Crippen molar-refractivity contribution >= 4 is 5.69 Å². The van der Waals surface area contributed by atoms with Crippen molar-refractivity contribution in [2.24, 2.45) is 0 Å². The minimum atomic E-state index is 0.616. The lowest BCUT2D eigenvalue weighted by atomic mass is 10.0. The van der Waals surface area contributed by atoms with Crippen molar-refractivity contribution in [2.45, 2.75) is 46.6 Å². The molecule has 0 unspecified atom stereocenters. The van der Waals surface area contributed by atoms with Crippen LogP contribution in [0.5, 0.6) is 11.5 Å². The topological polar surface area (TPSA) is 30.5 Å². The maximum absolute atomic E-state index is 5.97. The quantitative estimate of drug-likeness (QED) is 0.520. The zero-order valence-electron chi connectivity index (χ0n) is 16.3. The van der Waals surface area contributed by atoms with Gasteiger partial charge in [0.15, 0.2) is 11.5 Å². The molecule has 0 atom stereocenters. The van der Waals surface area contributed by atoms with Crippen molar-refractivity contribution in [2.75, 3.05) is 18.5 Å². The van der Waals surface area contributed by atoms with E-state index in [-0.39, 0.29) is 0 Å². The van der Waals surface area contributed by atoms with E-state index >= 15 is 0 Å². The second-order valence-electron chi connectivity index (χ2n) is 6.26. The molecule has 0 saturated carbocycles. The molecule has 2 aromatic rings. The molecule has 0 heterocycles. The van der Waals surface area contributed by atoms with E-state index in [4.69, 9.17) is 9.47 Å². The SMILES string of the molecule is C=CCc1cc(CNc2ccc(CC)cc2)cc(OCC)c1OCCC. The van der Waals surface area contributed by atoms with Gasteiger partial charge in [0.1, 0.15) is 0 Å². The monoisotopic (exact) mass is 353 g/mol. The lowest BCUT2D eigenvalue weighted by molar-refractivity contribution is 0.274. The molecule has 0 spiro atoms. The van der Waals surface area contributed by atoms with Gasteiger partial charge in [-0.2, -0.15) is 0 Å². The van der Waals surface area contributed by atoms with Crippen molar-refractivity contribution in [3.8, 4) is 11.5 Å². The number of hydrogen-bond acceptors (Lipinski definition) is 3. The lowest BCUT2D eigenvalue weighted by Gasteiger charge is -2.17. The molecule has 2 rings (SSSR count). The molecular weight excluding hydrogens is 322 g/mol. The van der Waals surface area contributed by atoms with E-state index in [0.717, 1.165) is 48.6 Å². The van der Waals surface area contributed by atoms with Gasteiger partial charge in [0.05, 0.1) is 13.2 Å². The fraction of sp³-hybridized carbons (Fsp3) is 0.391. The van der Waals surface area contributed by atoms with Gasteiger partial charge in [-0.05, 0) is 61.6 Å². The predicted molar refractivity (Wildman–Crippen MR) is 110 cm³/mol. The van der Waals surface area contributed by atoms with Crippen LogP contribution < -0.4 is 14.8 Å². The number of hydrogen-bond donors (Lipinski definition) is 1. The Morgan fingerprint density at radius 2 is 1.77 bits per heavy atom. The van der Waals surface area contributed by atoms with Gasteiger partial charge in [0.25, 0.3) is 0 Å². The average molecular weight is 354 g/mol. The summed E-state index contributed by atoms with van der Waals surface area (Å²) in [5.41, 5.74) is 4.77. The number of rotatable bonds is 11. The summed E-state index contributed by atoms with van der Waals surface area (Å²) in [7, 11) is 0. The lowest BCUT2D eigenvalue weighted by Crippen LogP contribution is -2.06. The molecule has 0 bridgehead atoms.